The summed E-state index contributed by atoms with van der Waals surface area (Å²) in [6.07, 6.45) is 0. The van der Waals surface area contributed by atoms with Crippen molar-refractivity contribution in [1.29, 1.82) is 0 Å². The lowest BCUT2D eigenvalue weighted by Crippen LogP contribution is -2.34. The fraction of sp³-hybridized carbons (Fsp3) is 0.0526. The molecule has 23 heavy (non-hydrogen) atoms. The van der Waals surface area contributed by atoms with E-state index in [4.69, 9.17) is 12.2 Å². The van der Waals surface area contributed by atoms with Gasteiger partial charge in [-0.2, -0.15) is 0 Å². The number of anilines is 1. The average Bonchev–Trinajstić information content (AvgIpc) is 2.55. The molecule has 0 radical (unpaired) electrons. The molecule has 0 spiro atoms. The van der Waals surface area contributed by atoms with Crippen LogP contribution in [0.5, 0.6) is 0 Å². The number of hydrogen-bond acceptors (Lipinski definition) is 2. The minimum Gasteiger partial charge on any atom is -0.332 e. The number of rotatable bonds is 2. The highest BCUT2D eigenvalue weighted by atomic mass is 32.1. The molecule has 0 unspecified atom stereocenters. The third kappa shape index (κ3) is 3.73. The predicted octanol–water partition coefficient (Wildman–Crippen LogP) is 4.28. The van der Waals surface area contributed by atoms with E-state index in [2.05, 4.69) is 16.7 Å². The van der Waals surface area contributed by atoms with Gasteiger partial charge in [0.2, 0.25) is 0 Å². The third-order valence-corrected chi connectivity index (χ3v) is 3.75. The minimum absolute atomic E-state index is 0.219. The molecule has 0 atom stereocenters. The van der Waals surface area contributed by atoms with E-state index in [1.807, 2.05) is 55.5 Å². The Labute approximate surface area is 140 Å². The minimum atomic E-state index is -0.219. The van der Waals surface area contributed by atoms with Crippen molar-refractivity contribution in [3.63, 3.8) is 0 Å². The molecule has 1 amide bonds. The monoisotopic (exact) mass is 320 g/mol. The van der Waals surface area contributed by atoms with Crippen molar-refractivity contribution in [2.75, 3.05) is 5.32 Å². The van der Waals surface area contributed by atoms with Gasteiger partial charge in [-0.25, -0.2) is 0 Å². The molecule has 0 fully saturated rings. The maximum Gasteiger partial charge on any atom is 0.257 e. The van der Waals surface area contributed by atoms with Crippen molar-refractivity contribution < 1.29 is 4.79 Å². The molecule has 3 rings (SSSR count). The number of benzene rings is 3. The Morgan fingerprint density at radius 3 is 2.35 bits per heavy atom. The first-order chi connectivity index (χ1) is 11.1. The van der Waals surface area contributed by atoms with Gasteiger partial charge < -0.3 is 5.32 Å². The lowest BCUT2D eigenvalue weighted by Gasteiger charge is -2.10. The lowest BCUT2D eigenvalue weighted by molar-refractivity contribution is 0.0978. The van der Waals surface area contributed by atoms with Crippen LogP contribution in [-0.2, 0) is 0 Å². The lowest BCUT2D eigenvalue weighted by atomic mass is 10.1. The first-order valence-corrected chi connectivity index (χ1v) is 7.70. The SMILES string of the molecule is Cc1ccc(C(=O)NC(=S)Nc2ccc3ccccc3c2)cc1. The standard InChI is InChI=1S/C19H16N2OS/c1-13-6-8-15(9-7-13)18(22)21-19(23)20-17-11-10-14-4-2-3-5-16(14)12-17/h2-12H,1H3,(H2,20,21,22,23). The molecule has 0 aliphatic rings. The Morgan fingerprint density at radius 2 is 1.61 bits per heavy atom. The van der Waals surface area contributed by atoms with Gasteiger partial charge in [-0.1, -0.05) is 48.0 Å². The number of amides is 1. The van der Waals surface area contributed by atoms with E-state index in [0.717, 1.165) is 22.0 Å². The van der Waals surface area contributed by atoms with Gasteiger partial charge >= 0.3 is 0 Å². The zero-order valence-electron chi connectivity index (χ0n) is 12.7. The second-order valence-corrected chi connectivity index (χ2v) is 5.74. The van der Waals surface area contributed by atoms with E-state index in [0.29, 0.717) is 5.56 Å². The molecule has 0 saturated carbocycles. The van der Waals surface area contributed by atoms with Crippen LogP contribution in [0.25, 0.3) is 10.8 Å². The van der Waals surface area contributed by atoms with Gasteiger partial charge in [0.15, 0.2) is 5.11 Å². The summed E-state index contributed by atoms with van der Waals surface area (Å²) in [6.45, 7) is 1.98. The van der Waals surface area contributed by atoms with Crippen molar-refractivity contribution in [2.45, 2.75) is 6.92 Å². The van der Waals surface area contributed by atoms with Crippen molar-refractivity contribution in [2.24, 2.45) is 0 Å². The van der Waals surface area contributed by atoms with Gasteiger partial charge in [0, 0.05) is 11.3 Å². The molecular weight excluding hydrogens is 304 g/mol. The van der Waals surface area contributed by atoms with E-state index >= 15 is 0 Å². The molecule has 3 nitrogen and oxygen atoms in total. The zero-order valence-corrected chi connectivity index (χ0v) is 13.5. The highest BCUT2D eigenvalue weighted by Gasteiger charge is 2.07. The first kappa shape index (κ1) is 15.2. The third-order valence-electron chi connectivity index (χ3n) is 3.55. The quantitative estimate of drug-likeness (QED) is 0.693. The molecule has 114 valence electrons. The maximum absolute atomic E-state index is 12.1. The van der Waals surface area contributed by atoms with Crippen molar-refractivity contribution in [3.05, 3.63) is 77.9 Å². The largest absolute Gasteiger partial charge is 0.332 e. The molecule has 0 aromatic heterocycles. The number of thiocarbonyl (C=S) groups is 1. The second kappa shape index (κ2) is 6.58. The Balaban J connectivity index is 1.68. The van der Waals surface area contributed by atoms with Gasteiger partial charge in [-0.15, -0.1) is 0 Å². The van der Waals surface area contributed by atoms with Crippen molar-refractivity contribution in [3.8, 4) is 0 Å². The molecule has 4 heteroatoms. The summed E-state index contributed by atoms with van der Waals surface area (Å²) in [5, 5.41) is 8.30. The Kier molecular flexibility index (Phi) is 4.35. The maximum atomic E-state index is 12.1. The highest BCUT2D eigenvalue weighted by Crippen LogP contribution is 2.18. The summed E-state index contributed by atoms with van der Waals surface area (Å²) >= 11 is 5.22. The number of fused-ring (bicyclic) bond motifs is 1. The fourth-order valence-corrected chi connectivity index (χ4v) is 2.52. The van der Waals surface area contributed by atoms with Crippen LogP contribution in [0.4, 0.5) is 5.69 Å². The van der Waals surface area contributed by atoms with Crippen LogP contribution in [0, 0.1) is 6.92 Å². The van der Waals surface area contributed by atoms with Crippen LogP contribution in [0.2, 0.25) is 0 Å². The summed E-state index contributed by atoms with van der Waals surface area (Å²) in [5.41, 5.74) is 2.54. The summed E-state index contributed by atoms with van der Waals surface area (Å²) in [4.78, 5) is 12.1. The van der Waals surface area contributed by atoms with E-state index < -0.39 is 0 Å². The number of nitrogens with one attached hydrogen (secondary N) is 2. The number of hydrogen-bond donors (Lipinski definition) is 2. The van der Waals surface area contributed by atoms with E-state index in [1.54, 1.807) is 12.1 Å². The van der Waals surface area contributed by atoms with Gasteiger partial charge in [0.25, 0.3) is 5.91 Å². The van der Waals surface area contributed by atoms with E-state index in [9.17, 15) is 4.79 Å². The van der Waals surface area contributed by atoms with Crippen LogP contribution in [0.15, 0.2) is 66.7 Å². The van der Waals surface area contributed by atoms with Crippen LogP contribution in [-0.4, -0.2) is 11.0 Å². The van der Waals surface area contributed by atoms with Gasteiger partial charge in [0.05, 0.1) is 0 Å². The van der Waals surface area contributed by atoms with E-state index in [1.165, 1.54) is 0 Å². The van der Waals surface area contributed by atoms with Gasteiger partial charge in [0.1, 0.15) is 0 Å². The van der Waals surface area contributed by atoms with Crippen LogP contribution in [0.1, 0.15) is 15.9 Å². The summed E-state index contributed by atoms with van der Waals surface area (Å²) in [7, 11) is 0. The van der Waals surface area contributed by atoms with Gasteiger partial charge in [-0.05, 0) is 54.2 Å². The van der Waals surface area contributed by atoms with Crippen LogP contribution in [0.3, 0.4) is 0 Å². The second-order valence-electron chi connectivity index (χ2n) is 5.34. The average molecular weight is 320 g/mol. The molecule has 3 aromatic carbocycles. The molecule has 0 aliphatic carbocycles. The Morgan fingerprint density at radius 1 is 0.913 bits per heavy atom. The normalized spacial score (nSPS) is 10.3. The van der Waals surface area contributed by atoms with Crippen molar-refractivity contribution in [1.82, 2.24) is 5.32 Å². The summed E-state index contributed by atoms with van der Waals surface area (Å²) in [5.74, 6) is -0.219. The summed E-state index contributed by atoms with van der Waals surface area (Å²) < 4.78 is 0. The first-order valence-electron chi connectivity index (χ1n) is 7.29. The molecule has 0 aliphatic heterocycles. The number of aryl methyl sites for hydroxylation is 1. The molecule has 2 N–H and O–H groups in total. The van der Waals surface area contributed by atoms with E-state index in [-0.39, 0.29) is 11.0 Å². The zero-order chi connectivity index (χ0) is 16.2. The van der Waals surface area contributed by atoms with Crippen LogP contribution >= 0.6 is 12.2 Å². The predicted molar refractivity (Wildman–Crippen MR) is 98.8 cm³/mol. The Hall–Kier alpha value is -2.72. The topological polar surface area (TPSA) is 41.1 Å². The molecular formula is C19H16N2OS. The summed E-state index contributed by atoms with van der Waals surface area (Å²) in [6, 6.07) is 21.4. The molecule has 0 heterocycles. The molecule has 0 saturated heterocycles. The number of carbonyl (C=O) groups excluding carboxylic acids is 1. The highest BCUT2D eigenvalue weighted by molar-refractivity contribution is 7.80. The number of carbonyl (C=O) groups is 1. The van der Waals surface area contributed by atoms with Gasteiger partial charge in [-0.3, -0.25) is 10.1 Å². The molecule has 0 bridgehead atoms. The smallest absolute Gasteiger partial charge is 0.257 e. The molecule has 3 aromatic rings. The van der Waals surface area contributed by atoms with Crippen LogP contribution < -0.4 is 10.6 Å². The van der Waals surface area contributed by atoms with Crippen molar-refractivity contribution >= 4 is 39.7 Å². The Bertz CT molecular complexity index is 872. The fourth-order valence-electron chi connectivity index (χ4n) is 2.31.